The first kappa shape index (κ1) is 19.8. The second-order valence-electron chi connectivity index (χ2n) is 10.1. The largest absolute Gasteiger partial charge is 0.355 e. The van der Waals surface area contributed by atoms with Crippen molar-refractivity contribution in [2.75, 3.05) is 13.6 Å². The molecule has 0 aromatic carbocycles. The van der Waals surface area contributed by atoms with Crippen LogP contribution in [0.2, 0.25) is 0 Å². The third kappa shape index (κ3) is 3.48. The first-order chi connectivity index (χ1) is 14.5. The summed E-state index contributed by atoms with van der Waals surface area (Å²) in [5, 5.41) is 2.58. The summed E-state index contributed by atoms with van der Waals surface area (Å²) in [6.07, 6.45) is 14.9. The first-order valence-electron chi connectivity index (χ1n) is 11.8. The van der Waals surface area contributed by atoms with Crippen LogP contribution in [0.15, 0.2) is 17.2 Å². The Balaban J connectivity index is 1.53. The average molecular weight is 412 g/mol. The van der Waals surface area contributed by atoms with Crippen molar-refractivity contribution in [2.24, 2.45) is 17.8 Å². The van der Waals surface area contributed by atoms with E-state index in [9.17, 15) is 14.4 Å². The first-order valence-corrected chi connectivity index (χ1v) is 11.8. The maximum Gasteiger partial charge on any atom is 0.259 e. The zero-order valence-corrected chi connectivity index (χ0v) is 17.9. The van der Waals surface area contributed by atoms with Crippen LogP contribution in [-0.4, -0.2) is 40.9 Å². The molecule has 2 amide bonds. The van der Waals surface area contributed by atoms with Crippen LogP contribution in [0.1, 0.15) is 91.0 Å². The summed E-state index contributed by atoms with van der Waals surface area (Å²) >= 11 is 0. The smallest absolute Gasteiger partial charge is 0.259 e. The summed E-state index contributed by atoms with van der Waals surface area (Å²) < 4.78 is 1.99. The molecule has 1 aromatic rings. The van der Waals surface area contributed by atoms with Gasteiger partial charge in [0.05, 0.1) is 0 Å². The Kier molecular flexibility index (Phi) is 5.19. The van der Waals surface area contributed by atoms with Gasteiger partial charge in [-0.1, -0.05) is 19.3 Å². The lowest BCUT2D eigenvalue weighted by Gasteiger charge is -2.39. The topological polar surface area (TPSA) is 71.4 Å². The molecule has 4 bridgehead atoms. The molecule has 1 aromatic heterocycles. The van der Waals surface area contributed by atoms with Gasteiger partial charge in [-0.2, -0.15) is 0 Å². The minimum absolute atomic E-state index is 0.0922. The van der Waals surface area contributed by atoms with E-state index in [1.165, 1.54) is 32.7 Å². The van der Waals surface area contributed by atoms with Crippen molar-refractivity contribution in [1.82, 2.24) is 14.8 Å². The quantitative estimate of drug-likeness (QED) is 0.829. The SMILES string of the molecule is CNC(=O)c1cn(C2CCCCC2)cc(C(=O)N2CC3C[C@@H]4CC2C[C@H](C3)C4)c1=O. The highest BCUT2D eigenvalue weighted by Crippen LogP contribution is 2.47. The number of fused-ring (bicyclic) bond motifs is 1. The molecule has 5 aliphatic rings. The van der Waals surface area contributed by atoms with Crippen molar-refractivity contribution in [3.8, 4) is 0 Å². The van der Waals surface area contributed by atoms with Crippen molar-refractivity contribution < 1.29 is 9.59 Å². The van der Waals surface area contributed by atoms with Crippen LogP contribution in [0.25, 0.3) is 0 Å². The molecule has 2 aliphatic heterocycles. The zero-order chi connectivity index (χ0) is 20.8. The van der Waals surface area contributed by atoms with Crippen LogP contribution >= 0.6 is 0 Å². The van der Waals surface area contributed by atoms with E-state index in [4.69, 9.17) is 0 Å². The third-order valence-electron chi connectivity index (χ3n) is 8.11. The molecule has 0 radical (unpaired) electrons. The molecule has 2 saturated heterocycles. The van der Waals surface area contributed by atoms with Crippen LogP contribution in [0.4, 0.5) is 0 Å². The Labute approximate surface area is 178 Å². The Hall–Kier alpha value is -2.11. The summed E-state index contributed by atoms with van der Waals surface area (Å²) in [5.74, 6) is 1.47. The Morgan fingerprint density at radius 2 is 1.50 bits per heavy atom. The number of pyridine rings is 1. The van der Waals surface area contributed by atoms with Crippen molar-refractivity contribution in [2.45, 2.75) is 76.3 Å². The van der Waals surface area contributed by atoms with E-state index in [0.29, 0.717) is 5.92 Å². The third-order valence-corrected chi connectivity index (χ3v) is 8.11. The van der Waals surface area contributed by atoms with E-state index in [-0.39, 0.29) is 29.1 Å². The Morgan fingerprint density at radius 3 is 2.17 bits per heavy atom. The number of hydrogen-bond acceptors (Lipinski definition) is 3. The van der Waals surface area contributed by atoms with E-state index in [1.807, 2.05) is 9.47 Å². The molecule has 162 valence electrons. The lowest BCUT2D eigenvalue weighted by molar-refractivity contribution is 0.0630. The molecule has 0 spiro atoms. The van der Waals surface area contributed by atoms with Gasteiger partial charge < -0.3 is 14.8 Å². The normalized spacial score (nSPS) is 30.9. The van der Waals surface area contributed by atoms with Crippen molar-refractivity contribution in [3.63, 3.8) is 0 Å². The number of rotatable bonds is 3. The molecule has 6 heteroatoms. The predicted octanol–water partition coefficient (Wildman–Crippen LogP) is 3.36. The molecule has 5 fully saturated rings. The summed E-state index contributed by atoms with van der Waals surface area (Å²) in [4.78, 5) is 41.4. The summed E-state index contributed by atoms with van der Waals surface area (Å²) in [5.41, 5.74) is -0.146. The van der Waals surface area contributed by atoms with Gasteiger partial charge in [-0.05, 0) is 62.7 Å². The Bertz CT molecular complexity index is 887. The summed E-state index contributed by atoms with van der Waals surface area (Å²) in [6.45, 7) is 0.767. The van der Waals surface area contributed by atoms with E-state index >= 15 is 0 Å². The molecule has 30 heavy (non-hydrogen) atoms. The number of hydrogen-bond donors (Lipinski definition) is 1. The fraction of sp³-hybridized carbons (Fsp3) is 0.708. The van der Waals surface area contributed by atoms with Gasteiger partial charge in [0.15, 0.2) is 0 Å². The fourth-order valence-electron chi connectivity index (χ4n) is 6.82. The molecule has 2 unspecified atom stereocenters. The molecule has 3 saturated carbocycles. The van der Waals surface area contributed by atoms with Crippen LogP contribution in [0.3, 0.4) is 0 Å². The van der Waals surface area contributed by atoms with Gasteiger partial charge in [0.2, 0.25) is 5.43 Å². The van der Waals surface area contributed by atoms with E-state index in [1.54, 1.807) is 12.4 Å². The molecule has 6 rings (SSSR count). The monoisotopic (exact) mass is 411 g/mol. The number of aromatic nitrogens is 1. The summed E-state index contributed by atoms with van der Waals surface area (Å²) in [7, 11) is 1.53. The maximum atomic E-state index is 13.7. The van der Waals surface area contributed by atoms with Gasteiger partial charge >= 0.3 is 0 Å². The molecular weight excluding hydrogens is 378 g/mol. The zero-order valence-electron chi connectivity index (χ0n) is 17.9. The highest BCUT2D eigenvalue weighted by molar-refractivity contribution is 5.99. The van der Waals surface area contributed by atoms with Gasteiger partial charge in [0, 0.05) is 38.1 Å². The molecule has 4 atom stereocenters. The molecule has 1 N–H and O–H groups in total. The lowest BCUT2D eigenvalue weighted by Crippen LogP contribution is -2.44. The van der Waals surface area contributed by atoms with E-state index in [0.717, 1.165) is 56.9 Å². The Morgan fingerprint density at radius 1 is 0.867 bits per heavy atom. The highest BCUT2D eigenvalue weighted by atomic mass is 16.2. The second-order valence-corrected chi connectivity index (χ2v) is 10.1. The van der Waals surface area contributed by atoms with Gasteiger partial charge in [0.1, 0.15) is 11.1 Å². The van der Waals surface area contributed by atoms with Crippen LogP contribution in [-0.2, 0) is 0 Å². The molecular formula is C24H33N3O3. The lowest BCUT2D eigenvalue weighted by atomic mass is 9.68. The molecule has 3 heterocycles. The van der Waals surface area contributed by atoms with Crippen molar-refractivity contribution in [1.29, 1.82) is 0 Å². The van der Waals surface area contributed by atoms with E-state index < -0.39 is 11.3 Å². The van der Waals surface area contributed by atoms with Crippen LogP contribution in [0, 0.1) is 17.8 Å². The standard InChI is InChI=1S/C24H33N3O3/c1-25-23(29)20-13-26(18-5-3-2-4-6-18)14-21(22(20)28)24(30)27-12-17-8-15-7-16(9-17)11-19(27)10-15/h13-19H,2-12H2,1H3,(H,25,29)/t15-,16+,17?,19?. The van der Waals surface area contributed by atoms with Gasteiger partial charge in [-0.25, -0.2) is 0 Å². The van der Waals surface area contributed by atoms with Crippen molar-refractivity contribution in [3.05, 3.63) is 33.7 Å². The minimum Gasteiger partial charge on any atom is -0.355 e. The van der Waals surface area contributed by atoms with Gasteiger partial charge in [-0.3, -0.25) is 14.4 Å². The number of nitrogens with one attached hydrogen (secondary N) is 1. The maximum absolute atomic E-state index is 13.7. The van der Waals surface area contributed by atoms with Crippen LogP contribution in [0.5, 0.6) is 0 Å². The van der Waals surface area contributed by atoms with Gasteiger partial charge in [-0.15, -0.1) is 0 Å². The number of nitrogens with zero attached hydrogens (tertiary/aromatic N) is 2. The minimum atomic E-state index is -0.421. The second kappa shape index (κ2) is 7.86. The number of carbonyl (C=O) groups excluding carboxylic acids is 2. The van der Waals surface area contributed by atoms with Gasteiger partial charge in [0.25, 0.3) is 11.8 Å². The van der Waals surface area contributed by atoms with E-state index in [2.05, 4.69) is 5.32 Å². The highest BCUT2D eigenvalue weighted by Gasteiger charge is 2.44. The number of carbonyl (C=O) groups is 2. The molecule has 6 nitrogen and oxygen atoms in total. The van der Waals surface area contributed by atoms with Crippen molar-refractivity contribution >= 4 is 11.8 Å². The predicted molar refractivity (Wildman–Crippen MR) is 115 cm³/mol. The van der Waals surface area contributed by atoms with Crippen LogP contribution < -0.4 is 10.7 Å². The average Bonchev–Trinajstić information content (AvgIpc) is 2.96. The fourth-order valence-corrected chi connectivity index (χ4v) is 6.82. The number of amides is 2. The summed E-state index contributed by atoms with van der Waals surface area (Å²) in [6, 6.07) is 0.505. The molecule has 3 aliphatic carbocycles.